The maximum atomic E-state index is 11.4. The van der Waals surface area contributed by atoms with Crippen LogP contribution in [0.5, 0.6) is 0 Å². The molecule has 74 valence electrons. The van der Waals surface area contributed by atoms with Gasteiger partial charge in [-0.3, -0.25) is 4.79 Å². The highest BCUT2D eigenvalue weighted by molar-refractivity contribution is 5.78. The standard InChI is InChI=1S/C12H20O/c1-4-7-9-12(13)10-11(6-3)8-5-2/h2,11H,4,6-10H2,1,3H3. The summed E-state index contributed by atoms with van der Waals surface area (Å²) < 4.78 is 0. The summed E-state index contributed by atoms with van der Waals surface area (Å²) in [7, 11) is 0. The summed E-state index contributed by atoms with van der Waals surface area (Å²) >= 11 is 0. The largest absolute Gasteiger partial charge is 0.300 e. The summed E-state index contributed by atoms with van der Waals surface area (Å²) in [5.74, 6) is 3.42. The van der Waals surface area contributed by atoms with E-state index >= 15 is 0 Å². The number of terminal acetylenes is 1. The number of hydrogen-bond donors (Lipinski definition) is 0. The monoisotopic (exact) mass is 180 g/mol. The van der Waals surface area contributed by atoms with Crippen molar-refractivity contribution in [2.24, 2.45) is 5.92 Å². The van der Waals surface area contributed by atoms with Crippen LogP contribution in [0.25, 0.3) is 0 Å². The summed E-state index contributed by atoms with van der Waals surface area (Å²) in [6, 6.07) is 0. The number of carbonyl (C=O) groups excluding carboxylic acids is 1. The Morgan fingerprint density at radius 2 is 2.15 bits per heavy atom. The van der Waals surface area contributed by atoms with Gasteiger partial charge in [-0.25, -0.2) is 0 Å². The van der Waals surface area contributed by atoms with Crippen LogP contribution in [0.15, 0.2) is 0 Å². The summed E-state index contributed by atoms with van der Waals surface area (Å²) in [6.45, 7) is 4.20. The van der Waals surface area contributed by atoms with Gasteiger partial charge in [0.05, 0.1) is 0 Å². The van der Waals surface area contributed by atoms with Crippen molar-refractivity contribution in [1.82, 2.24) is 0 Å². The molecule has 1 nitrogen and oxygen atoms in total. The molecule has 0 amide bonds. The van der Waals surface area contributed by atoms with Crippen molar-refractivity contribution in [1.29, 1.82) is 0 Å². The Hall–Kier alpha value is -0.770. The molecule has 0 aliphatic carbocycles. The van der Waals surface area contributed by atoms with E-state index < -0.39 is 0 Å². The van der Waals surface area contributed by atoms with E-state index in [9.17, 15) is 4.79 Å². The van der Waals surface area contributed by atoms with Crippen molar-refractivity contribution in [3.8, 4) is 12.3 Å². The van der Waals surface area contributed by atoms with E-state index in [1.807, 2.05) is 0 Å². The van der Waals surface area contributed by atoms with Crippen LogP contribution in [0, 0.1) is 18.3 Å². The molecule has 0 saturated heterocycles. The second-order valence-electron chi connectivity index (χ2n) is 3.53. The Morgan fingerprint density at radius 3 is 2.62 bits per heavy atom. The van der Waals surface area contributed by atoms with Gasteiger partial charge in [0.1, 0.15) is 5.78 Å². The third-order valence-electron chi connectivity index (χ3n) is 2.31. The molecule has 1 heteroatoms. The van der Waals surface area contributed by atoms with E-state index in [0.29, 0.717) is 18.1 Å². The van der Waals surface area contributed by atoms with Crippen LogP contribution in [0.4, 0.5) is 0 Å². The fourth-order valence-electron chi connectivity index (χ4n) is 1.33. The lowest BCUT2D eigenvalue weighted by atomic mass is 9.94. The Bertz CT molecular complexity index is 176. The van der Waals surface area contributed by atoms with Crippen molar-refractivity contribution in [2.45, 2.75) is 52.4 Å². The van der Waals surface area contributed by atoms with E-state index in [1.165, 1.54) is 0 Å². The number of hydrogen-bond acceptors (Lipinski definition) is 1. The zero-order valence-electron chi connectivity index (χ0n) is 8.81. The Balaban J connectivity index is 3.67. The first-order chi connectivity index (χ1) is 6.24. The molecule has 13 heavy (non-hydrogen) atoms. The predicted octanol–water partition coefficient (Wildman–Crippen LogP) is 3.19. The van der Waals surface area contributed by atoms with Crippen LogP contribution in [-0.2, 0) is 4.79 Å². The van der Waals surface area contributed by atoms with Crippen molar-refractivity contribution in [3.63, 3.8) is 0 Å². The maximum absolute atomic E-state index is 11.4. The first kappa shape index (κ1) is 12.2. The molecule has 0 saturated carbocycles. The van der Waals surface area contributed by atoms with Gasteiger partial charge in [0.2, 0.25) is 0 Å². The van der Waals surface area contributed by atoms with Gasteiger partial charge in [-0.2, -0.15) is 0 Å². The molecule has 0 aromatic rings. The average molecular weight is 180 g/mol. The summed E-state index contributed by atoms with van der Waals surface area (Å²) in [6.07, 6.45) is 10.5. The normalized spacial score (nSPS) is 12.1. The van der Waals surface area contributed by atoms with Gasteiger partial charge in [-0.05, 0) is 12.3 Å². The zero-order chi connectivity index (χ0) is 10.1. The van der Waals surface area contributed by atoms with Crippen molar-refractivity contribution in [3.05, 3.63) is 0 Å². The number of ketones is 1. The topological polar surface area (TPSA) is 17.1 Å². The minimum Gasteiger partial charge on any atom is -0.300 e. The molecule has 0 aliphatic heterocycles. The second-order valence-corrected chi connectivity index (χ2v) is 3.53. The SMILES string of the molecule is C#CCC(CC)CC(=O)CCCC. The van der Waals surface area contributed by atoms with E-state index in [2.05, 4.69) is 19.8 Å². The predicted molar refractivity (Wildman–Crippen MR) is 56.4 cm³/mol. The van der Waals surface area contributed by atoms with Gasteiger partial charge >= 0.3 is 0 Å². The van der Waals surface area contributed by atoms with Gasteiger partial charge in [-0.15, -0.1) is 12.3 Å². The van der Waals surface area contributed by atoms with Gasteiger partial charge < -0.3 is 0 Å². The van der Waals surface area contributed by atoms with E-state index in [4.69, 9.17) is 6.42 Å². The molecule has 1 unspecified atom stereocenters. The smallest absolute Gasteiger partial charge is 0.133 e. The van der Waals surface area contributed by atoms with Crippen molar-refractivity contribution < 1.29 is 4.79 Å². The Morgan fingerprint density at radius 1 is 1.46 bits per heavy atom. The molecular weight excluding hydrogens is 160 g/mol. The van der Waals surface area contributed by atoms with Gasteiger partial charge in [-0.1, -0.05) is 26.7 Å². The van der Waals surface area contributed by atoms with E-state index in [1.54, 1.807) is 0 Å². The lowest BCUT2D eigenvalue weighted by molar-refractivity contribution is -0.120. The number of carbonyl (C=O) groups is 1. The van der Waals surface area contributed by atoms with E-state index in [-0.39, 0.29) is 0 Å². The fourth-order valence-corrected chi connectivity index (χ4v) is 1.33. The lowest BCUT2D eigenvalue weighted by Gasteiger charge is -2.09. The molecule has 0 aliphatic rings. The first-order valence-corrected chi connectivity index (χ1v) is 5.19. The molecule has 0 aromatic carbocycles. The maximum Gasteiger partial charge on any atom is 0.133 e. The first-order valence-electron chi connectivity index (χ1n) is 5.19. The van der Waals surface area contributed by atoms with Crippen molar-refractivity contribution in [2.75, 3.05) is 0 Å². The van der Waals surface area contributed by atoms with Gasteiger partial charge in [0, 0.05) is 19.3 Å². The highest BCUT2D eigenvalue weighted by Crippen LogP contribution is 2.14. The minimum atomic E-state index is 0.379. The van der Waals surface area contributed by atoms with Gasteiger partial charge in [0.15, 0.2) is 0 Å². The molecular formula is C12H20O. The van der Waals surface area contributed by atoms with E-state index in [0.717, 1.165) is 32.1 Å². The van der Waals surface area contributed by atoms with Crippen LogP contribution in [-0.4, -0.2) is 5.78 Å². The zero-order valence-corrected chi connectivity index (χ0v) is 8.81. The summed E-state index contributed by atoms with van der Waals surface area (Å²) in [5, 5.41) is 0. The van der Waals surface area contributed by atoms with Crippen molar-refractivity contribution >= 4 is 5.78 Å². The Labute approximate surface area is 81.9 Å². The fraction of sp³-hybridized carbons (Fsp3) is 0.750. The Kier molecular flexibility index (Phi) is 7.39. The molecule has 0 spiro atoms. The molecule has 0 fully saturated rings. The highest BCUT2D eigenvalue weighted by Gasteiger charge is 2.10. The van der Waals surface area contributed by atoms with Crippen LogP contribution < -0.4 is 0 Å². The van der Waals surface area contributed by atoms with Crippen LogP contribution in [0.1, 0.15) is 52.4 Å². The highest BCUT2D eigenvalue weighted by atomic mass is 16.1. The third-order valence-corrected chi connectivity index (χ3v) is 2.31. The molecule has 0 heterocycles. The minimum absolute atomic E-state index is 0.379. The average Bonchev–Trinajstić information content (AvgIpc) is 2.14. The molecule has 0 aromatic heterocycles. The number of rotatable bonds is 7. The summed E-state index contributed by atoms with van der Waals surface area (Å²) in [4.78, 5) is 11.4. The second kappa shape index (κ2) is 7.86. The molecule has 0 radical (unpaired) electrons. The number of Topliss-reactive ketones (excluding diaryl/α,β-unsaturated/α-hetero) is 1. The summed E-state index contributed by atoms with van der Waals surface area (Å²) in [5.41, 5.74) is 0. The molecule has 0 N–H and O–H groups in total. The molecule has 0 bridgehead atoms. The van der Waals surface area contributed by atoms with Crippen LogP contribution in [0.2, 0.25) is 0 Å². The quantitative estimate of drug-likeness (QED) is 0.550. The number of unbranched alkanes of at least 4 members (excludes halogenated alkanes) is 1. The van der Waals surface area contributed by atoms with Gasteiger partial charge in [0.25, 0.3) is 0 Å². The van der Waals surface area contributed by atoms with Crippen LogP contribution in [0.3, 0.4) is 0 Å². The lowest BCUT2D eigenvalue weighted by Crippen LogP contribution is -2.07. The molecule has 1 atom stereocenters. The third kappa shape index (κ3) is 6.40. The van der Waals surface area contributed by atoms with Crippen LogP contribution >= 0.6 is 0 Å². The molecule has 0 rings (SSSR count).